The van der Waals surface area contributed by atoms with Crippen molar-refractivity contribution >= 4 is 28.3 Å². The van der Waals surface area contributed by atoms with Crippen LogP contribution in [0.4, 0.5) is 5.13 Å². The lowest BCUT2D eigenvalue weighted by Gasteiger charge is -2.06. The summed E-state index contributed by atoms with van der Waals surface area (Å²) in [6, 6.07) is 0. The number of aromatic nitrogens is 1. The molecule has 0 atom stereocenters. The topological polar surface area (TPSA) is 71.1 Å². The summed E-state index contributed by atoms with van der Waals surface area (Å²) in [5.74, 6) is 0.626. The van der Waals surface area contributed by atoms with Crippen molar-refractivity contribution in [2.75, 3.05) is 11.9 Å². The van der Waals surface area contributed by atoms with E-state index in [2.05, 4.69) is 29.5 Å². The predicted octanol–water partition coefficient (Wildman–Crippen LogP) is 4.00. The molecule has 0 fully saturated rings. The van der Waals surface area contributed by atoms with E-state index in [1.807, 2.05) is 19.2 Å². The van der Waals surface area contributed by atoms with Crippen molar-refractivity contribution in [2.24, 2.45) is 11.8 Å². The van der Waals surface area contributed by atoms with Crippen LogP contribution in [0.25, 0.3) is 0 Å². The number of nitrogens with one attached hydrogen (secondary N) is 2. The van der Waals surface area contributed by atoms with E-state index in [9.17, 15) is 9.59 Å². The van der Waals surface area contributed by atoms with Crippen molar-refractivity contribution in [1.82, 2.24) is 10.3 Å². The highest BCUT2D eigenvalue weighted by Crippen LogP contribution is 2.16. The Morgan fingerprint density at radius 1 is 1.12 bits per heavy atom. The average Bonchev–Trinajstić information content (AvgIpc) is 2.92. The maximum atomic E-state index is 11.9. The van der Waals surface area contributed by atoms with E-state index in [1.165, 1.54) is 30.6 Å². The summed E-state index contributed by atoms with van der Waals surface area (Å²) in [5.41, 5.74) is 0.702. The van der Waals surface area contributed by atoms with Gasteiger partial charge in [-0.1, -0.05) is 53.4 Å². The Bertz CT molecular complexity index is 512. The Hall–Kier alpha value is -1.43. The van der Waals surface area contributed by atoms with Gasteiger partial charge in [0.05, 0.1) is 12.1 Å². The Kier molecular flexibility index (Phi) is 9.60. The third kappa shape index (κ3) is 9.01. The van der Waals surface area contributed by atoms with Crippen LogP contribution in [0.1, 0.15) is 65.5 Å². The standard InChI is InChI=1S/C18H31N3O2S/c1-13(2)9-7-5-6-8-10-19-16(22)11-15-12-24-18(20-15)21-17(23)14(3)4/h12-14H,5-11H2,1-4H3,(H,19,22)(H,20,21,23). The lowest BCUT2D eigenvalue weighted by atomic mass is 10.0. The van der Waals surface area contributed by atoms with Gasteiger partial charge in [0.1, 0.15) is 0 Å². The maximum absolute atomic E-state index is 11.9. The molecule has 2 amide bonds. The second-order valence-corrected chi connectivity index (χ2v) is 7.77. The molecule has 0 saturated carbocycles. The first-order valence-corrected chi connectivity index (χ1v) is 9.78. The van der Waals surface area contributed by atoms with Gasteiger partial charge in [-0.05, 0) is 12.3 Å². The van der Waals surface area contributed by atoms with Crippen molar-refractivity contribution in [3.05, 3.63) is 11.1 Å². The number of carbonyl (C=O) groups is 2. The molecule has 0 saturated heterocycles. The lowest BCUT2D eigenvalue weighted by Crippen LogP contribution is -2.26. The molecule has 6 heteroatoms. The fourth-order valence-corrected chi connectivity index (χ4v) is 2.89. The van der Waals surface area contributed by atoms with E-state index in [0.29, 0.717) is 10.8 Å². The molecule has 0 spiro atoms. The summed E-state index contributed by atoms with van der Waals surface area (Å²) in [6.07, 6.45) is 6.24. The van der Waals surface area contributed by atoms with Gasteiger partial charge in [-0.15, -0.1) is 11.3 Å². The van der Waals surface area contributed by atoms with Crippen LogP contribution >= 0.6 is 11.3 Å². The number of unbranched alkanes of at least 4 members (excludes halogenated alkanes) is 3. The second kappa shape index (κ2) is 11.2. The minimum atomic E-state index is -0.0822. The largest absolute Gasteiger partial charge is 0.356 e. The molecule has 136 valence electrons. The van der Waals surface area contributed by atoms with E-state index < -0.39 is 0 Å². The molecule has 0 aliphatic carbocycles. The molecule has 24 heavy (non-hydrogen) atoms. The highest BCUT2D eigenvalue weighted by atomic mass is 32.1. The fraction of sp³-hybridized carbons (Fsp3) is 0.722. The number of anilines is 1. The van der Waals surface area contributed by atoms with Crippen LogP contribution in [-0.4, -0.2) is 23.3 Å². The van der Waals surface area contributed by atoms with Gasteiger partial charge >= 0.3 is 0 Å². The molecule has 1 aromatic heterocycles. The minimum absolute atomic E-state index is 0.00998. The zero-order valence-corrected chi connectivity index (χ0v) is 16.2. The van der Waals surface area contributed by atoms with Gasteiger partial charge in [0, 0.05) is 17.8 Å². The first-order chi connectivity index (χ1) is 11.4. The highest BCUT2D eigenvalue weighted by molar-refractivity contribution is 7.13. The number of rotatable bonds is 11. The van der Waals surface area contributed by atoms with Crippen LogP contribution in [0.15, 0.2) is 5.38 Å². The third-order valence-electron chi connectivity index (χ3n) is 3.68. The Balaban J connectivity index is 2.17. The summed E-state index contributed by atoms with van der Waals surface area (Å²) in [4.78, 5) is 27.8. The molecule has 1 rings (SSSR count). The lowest BCUT2D eigenvalue weighted by molar-refractivity contribution is -0.120. The Morgan fingerprint density at radius 2 is 1.83 bits per heavy atom. The summed E-state index contributed by atoms with van der Waals surface area (Å²) < 4.78 is 0. The summed E-state index contributed by atoms with van der Waals surface area (Å²) in [6.45, 7) is 8.89. The van der Waals surface area contributed by atoms with Gasteiger partial charge < -0.3 is 10.6 Å². The molecule has 0 unspecified atom stereocenters. The van der Waals surface area contributed by atoms with Crippen LogP contribution in [0.3, 0.4) is 0 Å². The van der Waals surface area contributed by atoms with E-state index >= 15 is 0 Å². The molecular weight excluding hydrogens is 322 g/mol. The van der Waals surface area contributed by atoms with Gasteiger partial charge in [0.2, 0.25) is 11.8 Å². The molecule has 0 aliphatic heterocycles. The molecule has 5 nitrogen and oxygen atoms in total. The van der Waals surface area contributed by atoms with Crippen molar-refractivity contribution in [1.29, 1.82) is 0 Å². The van der Waals surface area contributed by atoms with Crippen LogP contribution in [0.5, 0.6) is 0 Å². The number of hydrogen-bond donors (Lipinski definition) is 2. The summed E-state index contributed by atoms with van der Waals surface area (Å²) in [5, 5.41) is 8.07. The van der Waals surface area contributed by atoms with Crippen LogP contribution in [0, 0.1) is 11.8 Å². The molecular formula is C18H31N3O2S. The third-order valence-corrected chi connectivity index (χ3v) is 4.48. The van der Waals surface area contributed by atoms with Crippen molar-refractivity contribution in [3.8, 4) is 0 Å². The second-order valence-electron chi connectivity index (χ2n) is 6.91. The highest BCUT2D eigenvalue weighted by Gasteiger charge is 2.11. The summed E-state index contributed by atoms with van der Waals surface area (Å²) >= 11 is 1.35. The van der Waals surface area contributed by atoms with Gasteiger partial charge in [-0.3, -0.25) is 9.59 Å². The van der Waals surface area contributed by atoms with Crippen molar-refractivity contribution in [3.63, 3.8) is 0 Å². The quantitative estimate of drug-likeness (QED) is 0.591. The number of thiazole rings is 1. The monoisotopic (exact) mass is 353 g/mol. The van der Waals surface area contributed by atoms with Gasteiger partial charge in [0.15, 0.2) is 5.13 Å². The molecule has 0 aromatic carbocycles. The molecule has 1 aromatic rings. The number of hydrogen-bond acceptors (Lipinski definition) is 4. The van der Waals surface area contributed by atoms with Gasteiger partial charge in [-0.2, -0.15) is 0 Å². The zero-order chi connectivity index (χ0) is 17.9. The smallest absolute Gasteiger partial charge is 0.228 e. The van der Waals surface area contributed by atoms with Crippen LogP contribution in [-0.2, 0) is 16.0 Å². The Morgan fingerprint density at radius 3 is 2.50 bits per heavy atom. The molecule has 1 heterocycles. The first-order valence-electron chi connectivity index (χ1n) is 8.90. The maximum Gasteiger partial charge on any atom is 0.228 e. The minimum Gasteiger partial charge on any atom is -0.356 e. The fourth-order valence-electron chi connectivity index (χ4n) is 2.18. The van der Waals surface area contributed by atoms with Crippen molar-refractivity contribution in [2.45, 2.75) is 66.2 Å². The number of nitrogens with zero attached hydrogens (tertiary/aromatic N) is 1. The van der Waals surface area contributed by atoms with Crippen LogP contribution in [0.2, 0.25) is 0 Å². The average molecular weight is 354 g/mol. The molecule has 0 aliphatic rings. The SMILES string of the molecule is CC(C)CCCCCCNC(=O)Cc1csc(NC(=O)C(C)C)n1. The molecule has 2 N–H and O–H groups in total. The summed E-state index contributed by atoms with van der Waals surface area (Å²) in [7, 11) is 0. The van der Waals surface area contributed by atoms with E-state index in [-0.39, 0.29) is 24.2 Å². The Labute approximate surface area is 149 Å². The van der Waals surface area contributed by atoms with Crippen molar-refractivity contribution < 1.29 is 9.59 Å². The predicted molar refractivity (Wildman–Crippen MR) is 100 cm³/mol. The first kappa shape index (κ1) is 20.6. The number of carbonyl (C=O) groups excluding carboxylic acids is 2. The van der Waals surface area contributed by atoms with Crippen LogP contribution < -0.4 is 10.6 Å². The van der Waals surface area contributed by atoms with E-state index in [4.69, 9.17) is 0 Å². The van der Waals surface area contributed by atoms with E-state index in [1.54, 1.807) is 0 Å². The van der Waals surface area contributed by atoms with Gasteiger partial charge in [0.25, 0.3) is 0 Å². The molecule has 0 bridgehead atoms. The normalized spacial score (nSPS) is 11.1. The number of amides is 2. The molecule has 0 radical (unpaired) electrons. The van der Waals surface area contributed by atoms with Gasteiger partial charge in [-0.25, -0.2) is 4.98 Å². The van der Waals surface area contributed by atoms with E-state index in [0.717, 1.165) is 25.3 Å². The zero-order valence-electron chi connectivity index (χ0n) is 15.4.